The third-order valence-corrected chi connectivity index (χ3v) is 2.41. The first-order chi connectivity index (χ1) is 7.11. The minimum atomic E-state index is -0.426. The van der Waals surface area contributed by atoms with Gasteiger partial charge >= 0.3 is 0 Å². The van der Waals surface area contributed by atoms with E-state index in [0.717, 1.165) is 0 Å². The van der Waals surface area contributed by atoms with Gasteiger partial charge in [-0.05, 0) is 13.8 Å². The summed E-state index contributed by atoms with van der Waals surface area (Å²) >= 11 is 0. The highest BCUT2D eigenvalue weighted by molar-refractivity contribution is 5.81. The van der Waals surface area contributed by atoms with Crippen LogP contribution in [0.1, 0.15) is 13.8 Å². The lowest BCUT2D eigenvalue weighted by Crippen LogP contribution is -2.50. The zero-order chi connectivity index (χ0) is 11.3. The molecule has 0 aliphatic carbocycles. The number of carbonyl (C=O) groups excluding carboxylic acids is 1. The maximum atomic E-state index is 11.8. The molecule has 2 atom stereocenters. The second-order valence-electron chi connectivity index (χ2n) is 3.92. The Kier molecular flexibility index (Phi) is 5.01. The highest BCUT2D eigenvalue weighted by Crippen LogP contribution is 2.00. The predicted molar refractivity (Wildman–Crippen MR) is 56.5 cm³/mol. The van der Waals surface area contributed by atoms with Crippen molar-refractivity contribution in [2.24, 2.45) is 0 Å². The van der Waals surface area contributed by atoms with E-state index >= 15 is 0 Å². The predicted octanol–water partition coefficient (Wildman–Crippen LogP) is -0.796. The van der Waals surface area contributed by atoms with E-state index < -0.39 is 6.10 Å². The Bertz CT molecular complexity index is 203. The molecule has 5 nitrogen and oxygen atoms in total. The van der Waals surface area contributed by atoms with Crippen molar-refractivity contribution in [3.63, 3.8) is 0 Å². The van der Waals surface area contributed by atoms with Gasteiger partial charge in [-0.25, -0.2) is 0 Å². The van der Waals surface area contributed by atoms with Gasteiger partial charge in [0.1, 0.15) is 0 Å². The zero-order valence-electron chi connectivity index (χ0n) is 9.40. The molecular formula is C10H20N2O3. The summed E-state index contributed by atoms with van der Waals surface area (Å²) in [6.07, 6.45) is -0.426. The molecule has 1 unspecified atom stereocenters. The molecule has 0 saturated carbocycles. The molecule has 15 heavy (non-hydrogen) atoms. The van der Waals surface area contributed by atoms with Gasteiger partial charge < -0.3 is 20.1 Å². The zero-order valence-corrected chi connectivity index (χ0v) is 9.40. The van der Waals surface area contributed by atoms with Crippen molar-refractivity contribution in [2.75, 3.05) is 32.8 Å². The van der Waals surface area contributed by atoms with Crippen LogP contribution in [0.15, 0.2) is 0 Å². The second kappa shape index (κ2) is 6.05. The van der Waals surface area contributed by atoms with Gasteiger partial charge in [-0.15, -0.1) is 0 Å². The van der Waals surface area contributed by atoms with E-state index in [4.69, 9.17) is 9.84 Å². The van der Waals surface area contributed by atoms with Crippen LogP contribution in [0.4, 0.5) is 0 Å². The highest BCUT2D eigenvalue weighted by Gasteiger charge is 2.21. The van der Waals surface area contributed by atoms with Crippen molar-refractivity contribution < 1.29 is 14.6 Å². The van der Waals surface area contributed by atoms with Crippen LogP contribution in [-0.4, -0.2) is 60.9 Å². The van der Waals surface area contributed by atoms with Crippen LogP contribution >= 0.6 is 0 Å². The number of aliphatic hydroxyl groups is 1. The molecule has 0 bridgehead atoms. The summed E-state index contributed by atoms with van der Waals surface area (Å²) in [5, 5.41) is 12.1. The highest BCUT2D eigenvalue weighted by atomic mass is 16.5. The number of morpholine rings is 1. The number of aliphatic hydroxyl groups excluding tert-OH is 1. The standard InChI is InChI=1S/C10H20N2O3/c1-8(13)7-11-9(2)10(14)12-3-5-15-6-4-12/h8-9,11,13H,3-7H2,1-2H3/t8-,9?/m0/s1. The number of hydrogen-bond acceptors (Lipinski definition) is 4. The minimum absolute atomic E-state index is 0.0824. The molecule has 1 saturated heterocycles. The number of rotatable bonds is 4. The molecule has 2 N–H and O–H groups in total. The van der Waals surface area contributed by atoms with Crippen LogP contribution in [0.25, 0.3) is 0 Å². The lowest BCUT2D eigenvalue weighted by Gasteiger charge is -2.29. The molecule has 0 aromatic carbocycles. The van der Waals surface area contributed by atoms with E-state index in [9.17, 15) is 4.79 Å². The number of carbonyl (C=O) groups is 1. The average Bonchev–Trinajstić information content (AvgIpc) is 2.26. The molecule has 0 aromatic heterocycles. The van der Waals surface area contributed by atoms with Gasteiger partial charge in [0, 0.05) is 19.6 Å². The van der Waals surface area contributed by atoms with E-state index in [0.29, 0.717) is 32.8 Å². The van der Waals surface area contributed by atoms with Crippen LogP contribution in [0, 0.1) is 0 Å². The fraction of sp³-hybridized carbons (Fsp3) is 0.900. The molecule has 1 aliphatic heterocycles. The second-order valence-corrected chi connectivity index (χ2v) is 3.92. The summed E-state index contributed by atoms with van der Waals surface area (Å²) in [6, 6.07) is -0.238. The van der Waals surface area contributed by atoms with Gasteiger partial charge in [-0.1, -0.05) is 0 Å². The number of amides is 1. The van der Waals surface area contributed by atoms with E-state index in [-0.39, 0.29) is 11.9 Å². The van der Waals surface area contributed by atoms with Crippen LogP contribution in [0.3, 0.4) is 0 Å². The van der Waals surface area contributed by atoms with Gasteiger partial charge in [0.2, 0.25) is 5.91 Å². The first kappa shape index (κ1) is 12.4. The van der Waals surface area contributed by atoms with Gasteiger partial charge in [-0.2, -0.15) is 0 Å². The molecule has 88 valence electrons. The van der Waals surface area contributed by atoms with Gasteiger partial charge in [0.25, 0.3) is 0 Å². The first-order valence-electron chi connectivity index (χ1n) is 5.39. The van der Waals surface area contributed by atoms with Crippen molar-refractivity contribution in [2.45, 2.75) is 26.0 Å². The Morgan fingerprint density at radius 2 is 2.07 bits per heavy atom. The Morgan fingerprint density at radius 3 is 2.60 bits per heavy atom. The van der Waals surface area contributed by atoms with Crippen molar-refractivity contribution in [1.82, 2.24) is 10.2 Å². The summed E-state index contributed by atoms with van der Waals surface area (Å²) < 4.78 is 5.17. The topological polar surface area (TPSA) is 61.8 Å². The SMILES string of the molecule is CC(NC[C@H](C)O)C(=O)N1CCOCC1. The summed E-state index contributed by atoms with van der Waals surface area (Å²) in [4.78, 5) is 13.6. The molecular weight excluding hydrogens is 196 g/mol. The Morgan fingerprint density at radius 1 is 1.47 bits per heavy atom. The lowest BCUT2D eigenvalue weighted by atomic mass is 10.2. The smallest absolute Gasteiger partial charge is 0.239 e. The number of nitrogens with one attached hydrogen (secondary N) is 1. The van der Waals surface area contributed by atoms with Crippen LogP contribution in [0.5, 0.6) is 0 Å². The maximum absolute atomic E-state index is 11.8. The average molecular weight is 216 g/mol. The minimum Gasteiger partial charge on any atom is -0.392 e. The van der Waals surface area contributed by atoms with Crippen molar-refractivity contribution in [3.05, 3.63) is 0 Å². The molecule has 0 radical (unpaired) electrons. The molecule has 1 amide bonds. The maximum Gasteiger partial charge on any atom is 0.239 e. The Labute approximate surface area is 90.4 Å². The van der Waals surface area contributed by atoms with Gasteiger partial charge in [-0.3, -0.25) is 4.79 Å². The van der Waals surface area contributed by atoms with E-state index in [2.05, 4.69) is 5.32 Å². The van der Waals surface area contributed by atoms with E-state index in [1.165, 1.54) is 0 Å². The van der Waals surface area contributed by atoms with Crippen LogP contribution in [-0.2, 0) is 9.53 Å². The third kappa shape index (κ3) is 4.15. The van der Waals surface area contributed by atoms with Gasteiger partial charge in [0.05, 0.1) is 25.4 Å². The van der Waals surface area contributed by atoms with Crippen molar-refractivity contribution >= 4 is 5.91 Å². The van der Waals surface area contributed by atoms with Crippen LogP contribution in [0.2, 0.25) is 0 Å². The molecule has 1 aliphatic rings. The quantitative estimate of drug-likeness (QED) is 0.646. The molecule has 1 rings (SSSR count). The van der Waals surface area contributed by atoms with Gasteiger partial charge in [0.15, 0.2) is 0 Å². The molecule has 0 aromatic rings. The van der Waals surface area contributed by atoms with Crippen molar-refractivity contribution in [3.8, 4) is 0 Å². The van der Waals surface area contributed by atoms with Crippen molar-refractivity contribution in [1.29, 1.82) is 0 Å². The number of nitrogens with zero attached hydrogens (tertiary/aromatic N) is 1. The summed E-state index contributed by atoms with van der Waals surface area (Å²) in [6.45, 7) is 6.53. The summed E-state index contributed by atoms with van der Waals surface area (Å²) in [7, 11) is 0. The monoisotopic (exact) mass is 216 g/mol. The third-order valence-electron chi connectivity index (χ3n) is 2.41. The number of hydrogen-bond donors (Lipinski definition) is 2. The molecule has 1 fully saturated rings. The summed E-state index contributed by atoms with van der Waals surface area (Å²) in [5.41, 5.74) is 0. The Hall–Kier alpha value is -0.650. The molecule has 0 spiro atoms. The normalized spacial score (nSPS) is 21.1. The largest absolute Gasteiger partial charge is 0.392 e. The van der Waals surface area contributed by atoms with Crippen LogP contribution < -0.4 is 5.32 Å². The molecule has 5 heteroatoms. The van der Waals surface area contributed by atoms with E-state index in [1.54, 1.807) is 11.8 Å². The summed E-state index contributed by atoms with van der Waals surface area (Å²) in [5.74, 6) is 0.0824. The Balaban J connectivity index is 2.30. The number of ether oxygens (including phenoxy) is 1. The fourth-order valence-electron chi connectivity index (χ4n) is 1.49. The first-order valence-corrected chi connectivity index (χ1v) is 5.39. The fourth-order valence-corrected chi connectivity index (χ4v) is 1.49. The molecule has 1 heterocycles. The van der Waals surface area contributed by atoms with E-state index in [1.807, 2.05) is 6.92 Å². The lowest BCUT2D eigenvalue weighted by molar-refractivity contribution is -0.137.